The molecule has 0 aromatic heterocycles. The molecule has 72 valence electrons. The second-order valence-electron chi connectivity index (χ2n) is 2.22. The molecule has 0 fully saturated rings. The summed E-state index contributed by atoms with van der Waals surface area (Å²) in [5.74, 6) is -1.76. The van der Waals surface area contributed by atoms with Crippen LogP contribution in [0.4, 0.5) is 8.78 Å². The van der Waals surface area contributed by atoms with Gasteiger partial charge in [-0.15, -0.1) is 0 Å². The van der Waals surface area contributed by atoms with Crippen molar-refractivity contribution < 1.29 is 17.8 Å². The number of halogens is 2. The number of hydrogen-bond donors (Lipinski definition) is 0. The van der Waals surface area contributed by atoms with Crippen molar-refractivity contribution >= 4 is 13.7 Å². The molecule has 5 heteroatoms. The summed E-state index contributed by atoms with van der Waals surface area (Å²) in [7, 11) is 1.62. The van der Waals surface area contributed by atoms with E-state index in [0.29, 0.717) is 5.30 Å². The maximum atomic E-state index is 12.7. The van der Waals surface area contributed by atoms with E-state index in [9.17, 15) is 8.78 Å². The van der Waals surface area contributed by atoms with Crippen molar-refractivity contribution in [3.05, 3.63) is 29.8 Å². The molecule has 2 nitrogen and oxygen atoms in total. The fraction of sp³-hybridized carbons (Fsp3) is 0.250. The quantitative estimate of drug-likeness (QED) is 0.706. The number of benzene rings is 1. The number of rotatable bonds is 3. The Morgan fingerprint density at radius 1 is 1.08 bits per heavy atom. The van der Waals surface area contributed by atoms with Gasteiger partial charge in [-0.1, -0.05) is 0 Å². The zero-order valence-corrected chi connectivity index (χ0v) is 8.15. The Balaban J connectivity index is 2.95. The normalized spacial score (nSPS) is 10.8. The standard InChI is InChI=1S/C8H9F2O2P/c1-11-13(12-2)6-3-4-7(9)8(10)5-6/h3-5H,1-2H3. The summed E-state index contributed by atoms with van der Waals surface area (Å²) in [6.07, 6.45) is 0. The maximum Gasteiger partial charge on any atom is 0.204 e. The molecule has 1 rings (SSSR count). The topological polar surface area (TPSA) is 18.5 Å². The highest BCUT2D eigenvalue weighted by molar-refractivity contribution is 7.55. The van der Waals surface area contributed by atoms with E-state index in [1.807, 2.05) is 0 Å². The predicted octanol–water partition coefficient (Wildman–Crippen LogP) is 2.19. The fourth-order valence-corrected chi connectivity index (χ4v) is 1.87. The van der Waals surface area contributed by atoms with Gasteiger partial charge in [-0.3, -0.25) is 0 Å². The molecule has 13 heavy (non-hydrogen) atoms. The van der Waals surface area contributed by atoms with Gasteiger partial charge in [-0.2, -0.15) is 0 Å². The maximum absolute atomic E-state index is 12.7. The SMILES string of the molecule is COP(OC)c1ccc(F)c(F)c1. The molecular formula is C8H9F2O2P. The Kier molecular flexibility index (Phi) is 3.72. The minimum atomic E-state index is -1.29. The van der Waals surface area contributed by atoms with E-state index < -0.39 is 20.0 Å². The first-order valence-corrected chi connectivity index (χ1v) is 4.70. The van der Waals surface area contributed by atoms with Crippen molar-refractivity contribution in [2.24, 2.45) is 0 Å². The highest BCUT2D eigenvalue weighted by Gasteiger charge is 2.12. The van der Waals surface area contributed by atoms with Crippen LogP contribution in [0, 0.1) is 11.6 Å². The molecule has 0 atom stereocenters. The van der Waals surface area contributed by atoms with Crippen LogP contribution in [0.2, 0.25) is 0 Å². The van der Waals surface area contributed by atoms with Crippen LogP contribution in [0.3, 0.4) is 0 Å². The third-order valence-electron chi connectivity index (χ3n) is 1.45. The third kappa shape index (κ3) is 2.44. The van der Waals surface area contributed by atoms with Crippen LogP contribution in [0.5, 0.6) is 0 Å². The largest absolute Gasteiger partial charge is 0.334 e. The average Bonchev–Trinajstić information content (AvgIpc) is 2.13. The molecule has 0 aliphatic carbocycles. The van der Waals surface area contributed by atoms with Crippen molar-refractivity contribution in [1.29, 1.82) is 0 Å². The lowest BCUT2D eigenvalue weighted by Gasteiger charge is -2.11. The second kappa shape index (κ2) is 4.61. The molecule has 0 bridgehead atoms. The van der Waals surface area contributed by atoms with E-state index in [1.54, 1.807) is 0 Å². The van der Waals surface area contributed by atoms with E-state index in [1.165, 1.54) is 20.3 Å². The highest BCUT2D eigenvalue weighted by atomic mass is 31.2. The van der Waals surface area contributed by atoms with Crippen LogP contribution in [-0.2, 0) is 9.05 Å². The van der Waals surface area contributed by atoms with Crippen LogP contribution < -0.4 is 5.30 Å². The monoisotopic (exact) mass is 206 g/mol. The van der Waals surface area contributed by atoms with Crippen molar-refractivity contribution in [1.82, 2.24) is 0 Å². The Bertz CT molecular complexity index is 289. The number of hydrogen-bond acceptors (Lipinski definition) is 2. The fourth-order valence-electron chi connectivity index (χ4n) is 0.884. The van der Waals surface area contributed by atoms with E-state index >= 15 is 0 Å². The molecule has 0 N–H and O–H groups in total. The second-order valence-corrected chi connectivity index (χ2v) is 3.98. The summed E-state index contributed by atoms with van der Waals surface area (Å²) < 4.78 is 35.1. The smallest absolute Gasteiger partial charge is 0.204 e. The van der Waals surface area contributed by atoms with Crippen molar-refractivity contribution in [3.8, 4) is 0 Å². The lowest BCUT2D eigenvalue weighted by Crippen LogP contribution is -2.05. The van der Waals surface area contributed by atoms with Crippen LogP contribution in [0.15, 0.2) is 18.2 Å². The first-order valence-electron chi connectivity index (χ1n) is 3.52. The first kappa shape index (κ1) is 10.5. The molecule has 0 spiro atoms. The van der Waals surface area contributed by atoms with Gasteiger partial charge in [0.25, 0.3) is 0 Å². The summed E-state index contributed by atoms with van der Waals surface area (Å²) in [6, 6.07) is 3.57. The zero-order chi connectivity index (χ0) is 9.84. The van der Waals surface area contributed by atoms with Crippen LogP contribution in [0.25, 0.3) is 0 Å². The Labute approximate surface area is 76.4 Å². The molecule has 0 heterocycles. The van der Waals surface area contributed by atoms with Gasteiger partial charge in [-0.25, -0.2) is 8.78 Å². The van der Waals surface area contributed by atoms with E-state index in [2.05, 4.69) is 0 Å². The van der Waals surface area contributed by atoms with Gasteiger partial charge in [0.1, 0.15) is 0 Å². The molecule has 0 saturated heterocycles. The van der Waals surface area contributed by atoms with Gasteiger partial charge in [0.15, 0.2) is 11.6 Å². The lowest BCUT2D eigenvalue weighted by molar-refractivity contribution is 0.350. The molecule has 1 aromatic carbocycles. The molecule has 0 aliphatic heterocycles. The Morgan fingerprint density at radius 2 is 1.69 bits per heavy atom. The van der Waals surface area contributed by atoms with Crippen LogP contribution >= 0.6 is 8.38 Å². The summed E-state index contributed by atoms with van der Waals surface area (Å²) >= 11 is 0. The molecule has 0 saturated carbocycles. The van der Waals surface area contributed by atoms with Gasteiger partial charge in [0, 0.05) is 19.5 Å². The van der Waals surface area contributed by atoms with E-state index in [0.717, 1.165) is 12.1 Å². The Hall–Kier alpha value is -0.570. The minimum absolute atomic E-state index is 0.513. The molecule has 1 aromatic rings. The zero-order valence-electron chi connectivity index (χ0n) is 7.25. The predicted molar refractivity (Wildman–Crippen MR) is 46.9 cm³/mol. The summed E-state index contributed by atoms with van der Waals surface area (Å²) in [6.45, 7) is 0. The van der Waals surface area contributed by atoms with Crippen molar-refractivity contribution in [2.75, 3.05) is 14.2 Å². The summed E-state index contributed by atoms with van der Waals surface area (Å²) in [4.78, 5) is 0. The van der Waals surface area contributed by atoms with Gasteiger partial charge < -0.3 is 9.05 Å². The highest BCUT2D eigenvalue weighted by Crippen LogP contribution is 2.34. The van der Waals surface area contributed by atoms with Crippen LogP contribution in [0.1, 0.15) is 0 Å². The van der Waals surface area contributed by atoms with E-state index in [-0.39, 0.29) is 0 Å². The van der Waals surface area contributed by atoms with E-state index in [4.69, 9.17) is 9.05 Å². The molecule has 0 aliphatic rings. The molecule has 0 unspecified atom stereocenters. The van der Waals surface area contributed by atoms with Gasteiger partial charge in [0.05, 0.1) is 0 Å². The third-order valence-corrected chi connectivity index (χ3v) is 2.81. The Morgan fingerprint density at radius 3 is 2.15 bits per heavy atom. The van der Waals surface area contributed by atoms with Gasteiger partial charge in [0.2, 0.25) is 8.38 Å². The van der Waals surface area contributed by atoms with Gasteiger partial charge >= 0.3 is 0 Å². The summed E-state index contributed by atoms with van der Waals surface area (Å²) in [5, 5.41) is 0.513. The molecule has 0 amide bonds. The average molecular weight is 206 g/mol. The van der Waals surface area contributed by atoms with Crippen molar-refractivity contribution in [2.45, 2.75) is 0 Å². The molecular weight excluding hydrogens is 197 g/mol. The minimum Gasteiger partial charge on any atom is -0.334 e. The van der Waals surface area contributed by atoms with Crippen molar-refractivity contribution in [3.63, 3.8) is 0 Å². The lowest BCUT2D eigenvalue weighted by atomic mass is 10.3. The van der Waals surface area contributed by atoms with Crippen LogP contribution in [-0.4, -0.2) is 14.2 Å². The molecule has 0 radical (unpaired) electrons. The first-order chi connectivity index (χ1) is 6.19. The summed E-state index contributed by atoms with van der Waals surface area (Å²) in [5.41, 5.74) is 0. The van der Waals surface area contributed by atoms with Gasteiger partial charge in [-0.05, 0) is 18.2 Å².